The minimum Gasteiger partial charge on any atom is -0.471 e. The highest BCUT2D eigenvalue weighted by atomic mass is 16.6. The molecular formula is C14H21N3O3. The fourth-order valence-corrected chi connectivity index (χ4v) is 2.56. The highest BCUT2D eigenvalue weighted by Crippen LogP contribution is 2.29. The lowest BCUT2D eigenvalue weighted by Gasteiger charge is -2.27. The highest BCUT2D eigenvalue weighted by Gasteiger charge is 2.28. The van der Waals surface area contributed by atoms with Crippen molar-refractivity contribution in [3.05, 3.63) is 27.9 Å². The second-order valence-electron chi connectivity index (χ2n) is 5.60. The Morgan fingerprint density at radius 1 is 1.35 bits per heavy atom. The summed E-state index contributed by atoms with van der Waals surface area (Å²) in [7, 11) is 0. The summed E-state index contributed by atoms with van der Waals surface area (Å²) in [6.45, 7) is 2.06. The van der Waals surface area contributed by atoms with E-state index in [4.69, 9.17) is 10.5 Å². The van der Waals surface area contributed by atoms with Crippen molar-refractivity contribution < 1.29 is 9.66 Å². The van der Waals surface area contributed by atoms with Crippen molar-refractivity contribution >= 4 is 5.69 Å². The van der Waals surface area contributed by atoms with Gasteiger partial charge in [0.1, 0.15) is 6.61 Å². The second kappa shape index (κ2) is 6.17. The van der Waals surface area contributed by atoms with Crippen LogP contribution in [0.15, 0.2) is 12.1 Å². The first-order valence-electron chi connectivity index (χ1n) is 7.04. The second-order valence-corrected chi connectivity index (χ2v) is 5.60. The van der Waals surface area contributed by atoms with E-state index in [0.29, 0.717) is 5.69 Å². The number of nitrogens with two attached hydrogens (primary N) is 1. The average Bonchev–Trinajstić information content (AvgIpc) is 2.62. The molecule has 1 aliphatic carbocycles. The normalized spacial score (nSPS) is 18.3. The third-order valence-corrected chi connectivity index (χ3v) is 3.77. The molecule has 0 aliphatic heterocycles. The van der Waals surface area contributed by atoms with Crippen LogP contribution in [0.5, 0.6) is 5.88 Å². The van der Waals surface area contributed by atoms with Gasteiger partial charge in [0.15, 0.2) is 0 Å². The molecule has 0 amide bonds. The minimum absolute atomic E-state index is 0.0732. The molecule has 0 spiro atoms. The lowest BCUT2D eigenvalue weighted by molar-refractivity contribution is -0.386. The molecule has 0 unspecified atom stereocenters. The van der Waals surface area contributed by atoms with Crippen molar-refractivity contribution in [2.75, 3.05) is 6.61 Å². The van der Waals surface area contributed by atoms with E-state index in [0.717, 1.165) is 25.7 Å². The molecule has 0 radical (unpaired) electrons. The first kappa shape index (κ1) is 14.7. The Kier molecular flexibility index (Phi) is 4.54. The van der Waals surface area contributed by atoms with Gasteiger partial charge in [-0.05, 0) is 25.8 Å². The van der Waals surface area contributed by atoms with Crippen LogP contribution in [0.25, 0.3) is 0 Å². The van der Waals surface area contributed by atoms with Gasteiger partial charge in [-0.3, -0.25) is 10.1 Å². The smallest absolute Gasteiger partial charge is 0.330 e. The van der Waals surface area contributed by atoms with Crippen LogP contribution in [-0.2, 0) is 0 Å². The summed E-state index contributed by atoms with van der Waals surface area (Å²) in [5.74, 6) is 0.0732. The summed E-state index contributed by atoms with van der Waals surface area (Å²) >= 11 is 0. The predicted molar refractivity (Wildman–Crippen MR) is 75.7 cm³/mol. The van der Waals surface area contributed by atoms with Crippen LogP contribution < -0.4 is 10.5 Å². The molecule has 2 rings (SSSR count). The topological polar surface area (TPSA) is 91.3 Å². The van der Waals surface area contributed by atoms with Crippen molar-refractivity contribution in [3.8, 4) is 5.88 Å². The SMILES string of the molecule is Cc1ccc([N+](=O)[O-])c(OCC2(N)CCCCCC2)n1. The van der Waals surface area contributed by atoms with Crippen LogP contribution in [0.2, 0.25) is 0 Å². The Bertz CT molecular complexity index is 483. The average molecular weight is 279 g/mol. The molecule has 1 aromatic heterocycles. The summed E-state index contributed by atoms with van der Waals surface area (Å²) in [6, 6.07) is 3.03. The van der Waals surface area contributed by atoms with Crippen LogP contribution in [0.1, 0.15) is 44.2 Å². The molecule has 110 valence electrons. The number of nitro groups is 1. The van der Waals surface area contributed by atoms with Gasteiger partial charge >= 0.3 is 5.69 Å². The Labute approximate surface area is 118 Å². The van der Waals surface area contributed by atoms with Gasteiger partial charge in [0.05, 0.1) is 10.5 Å². The molecule has 6 nitrogen and oxygen atoms in total. The molecule has 1 aromatic rings. The standard InChI is InChI=1S/C14H21N3O3/c1-11-6-7-12(17(18)19)13(16-11)20-10-14(15)8-4-2-3-5-9-14/h6-7H,2-5,8-10,15H2,1H3. The van der Waals surface area contributed by atoms with E-state index in [1.54, 1.807) is 13.0 Å². The minimum atomic E-state index is -0.474. The van der Waals surface area contributed by atoms with Crippen molar-refractivity contribution in [3.63, 3.8) is 0 Å². The number of ether oxygens (including phenoxy) is 1. The Hall–Kier alpha value is -1.69. The number of pyridine rings is 1. The number of hydrogen-bond acceptors (Lipinski definition) is 5. The first-order valence-corrected chi connectivity index (χ1v) is 7.04. The third-order valence-electron chi connectivity index (χ3n) is 3.77. The van der Waals surface area contributed by atoms with Gasteiger partial charge in [0.25, 0.3) is 5.88 Å². The summed E-state index contributed by atoms with van der Waals surface area (Å²) in [5.41, 5.74) is 6.54. The van der Waals surface area contributed by atoms with Gasteiger partial charge in [0.2, 0.25) is 0 Å². The number of rotatable bonds is 4. The summed E-state index contributed by atoms with van der Waals surface area (Å²) < 4.78 is 5.60. The van der Waals surface area contributed by atoms with Crippen LogP contribution >= 0.6 is 0 Å². The lowest BCUT2D eigenvalue weighted by Crippen LogP contribution is -2.45. The van der Waals surface area contributed by atoms with Gasteiger partial charge in [-0.15, -0.1) is 0 Å². The van der Waals surface area contributed by atoms with Crippen molar-refractivity contribution in [2.24, 2.45) is 5.73 Å². The van der Waals surface area contributed by atoms with Crippen LogP contribution in [0, 0.1) is 17.0 Å². The van der Waals surface area contributed by atoms with Gasteiger partial charge in [-0.2, -0.15) is 0 Å². The predicted octanol–water partition coefficient (Wildman–Crippen LogP) is 2.73. The first-order chi connectivity index (χ1) is 9.50. The molecule has 1 fully saturated rings. The van der Waals surface area contributed by atoms with Crippen molar-refractivity contribution in [1.29, 1.82) is 0 Å². The number of aromatic nitrogens is 1. The third kappa shape index (κ3) is 3.66. The molecule has 6 heteroatoms. The number of aryl methyl sites for hydroxylation is 1. The molecule has 0 atom stereocenters. The lowest BCUT2D eigenvalue weighted by atomic mass is 9.93. The zero-order chi connectivity index (χ0) is 14.6. The number of nitrogens with zero attached hydrogens (tertiary/aromatic N) is 2. The zero-order valence-electron chi connectivity index (χ0n) is 11.8. The molecule has 1 aliphatic rings. The van der Waals surface area contributed by atoms with Crippen molar-refractivity contribution in [2.45, 2.75) is 51.0 Å². The monoisotopic (exact) mass is 279 g/mol. The highest BCUT2D eigenvalue weighted by molar-refractivity contribution is 5.41. The van der Waals surface area contributed by atoms with E-state index in [1.165, 1.54) is 18.9 Å². The summed E-state index contributed by atoms with van der Waals surface area (Å²) in [4.78, 5) is 14.6. The molecule has 20 heavy (non-hydrogen) atoms. The van der Waals surface area contributed by atoms with E-state index < -0.39 is 10.5 Å². The van der Waals surface area contributed by atoms with E-state index in [2.05, 4.69) is 4.98 Å². The molecule has 0 saturated heterocycles. The van der Waals surface area contributed by atoms with E-state index in [-0.39, 0.29) is 18.2 Å². The largest absolute Gasteiger partial charge is 0.471 e. The molecular weight excluding hydrogens is 258 g/mol. The van der Waals surface area contributed by atoms with E-state index >= 15 is 0 Å². The van der Waals surface area contributed by atoms with Gasteiger partial charge < -0.3 is 10.5 Å². The summed E-state index contributed by atoms with van der Waals surface area (Å²) in [6.07, 6.45) is 6.36. The molecule has 2 N–H and O–H groups in total. The van der Waals surface area contributed by atoms with Crippen LogP contribution in [0.4, 0.5) is 5.69 Å². The van der Waals surface area contributed by atoms with Gasteiger partial charge in [-0.1, -0.05) is 25.7 Å². The maximum Gasteiger partial charge on any atom is 0.330 e. The Balaban J connectivity index is 2.09. The quantitative estimate of drug-likeness (QED) is 0.520. The van der Waals surface area contributed by atoms with Crippen LogP contribution in [-0.4, -0.2) is 22.1 Å². The zero-order valence-corrected chi connectivity index (χ0v) is 11.8. The maximum absolute atomic E-state index is 11.0. The van der Waals surface area contributed by atoms with Crippen LogP contribution in [0.3, 0.4) is 0 Å². The van der Waals surface area contributed by atoms with E-state index in [1.807, 2.05) is 0 Å². The Morgan fingerprint density at radius 3 is 2.60 bits per heavy atom. The van der Waals surface area contributed by atoms with Gasteiger partial charge in [-0.25, -0.2) is 4.98 Å². The summed E-state index contributed by atoms with van der Waals surface area (Å²) in [5, 5.41) is 11.0. The van der Waals surface area contributed by atoms with Crippen molar-refractivity contribution in [1.82, 2.24) is 4.98 Å². The molecule has 1 saturated carbocycles. The van der Waals surface area contributed by atoms with Gasteiger partial charge in [0, 0.05) is 11.8 Å². The fourth-order valence-electron chi connectivity index (χ4n) is 2.56. The Morgan fingerprint density at radius 2 is 2.00 bits per heavy atom. The molecule has 1 heterocycles. The number of hydrogen-bond donors (Lipinski definition) is 1. The molecule has 0 aromatic carbocycles. The van der Waals surface area contributed by atoms with E-state index in [9.17, 15) is 10.1 Å². The fraction of sp³-hybridized carbons (Fsp3) is 0.643. The molecule has 0 bridgehead atoms. The maximum atomic E-state index is 11.0.